The van der Waals surface area contributed by atoms with E-state index in [0.717, 1.165) is 22.7 Å². The fourth-order valence-electron chi connectivity index (χ4n) is 3.96. The molecule has 0 spiro atoms. The quantitative estimate of drug-likeness (QED) is 0.456. The van der Waals surface area contributed by atoms with Crippen molar-refractivity contribution in [3.63, 3.8) is 0 Å². The number of nitrogens with zero attached hydrogens (tertiary/aromatic N) is 4. The summed E-state index contributed by atoms with van der Waals surface area (Å²) in [6.07, 6.45) is 0. The number of thiocarbonyl (C=S) groups is 1. The first kappa shape index (κ1) is 23.8. The zero-order valence-corrected chi connectivity index (χ0v) is 21.0. The topological polar surface area (TPSA) is 70.6 Å². The Morgan fingerprint density at radius 3 is 2.47 bits per heavy atom. The fourth-order valence-corrected chi connectivity index (χ4v) is 4.80. The Balaban J connectivity index is 1.64. The minimum absolute atomic E-state index is 0.0386. The van der Waals surface area contributed by atoms with Gasteiger partial charge in [0.25, 0.3) is 5.91 Å². The average Bonchev–Trinajstić information content (AvgIpc) is 3.39. The van der Waals surface area contributed by atoms with Crippen LogP contribution in [0.1, 0.15) is 38.1 Å². The molecule has 1 N–H and O–H groups in total. The van der Waals surface area contributed by atoms with Crippen LogP contribution in [0.4, 0.5) is 5.69 Å². The Hall–Kier alpha value is -3.30. The van der Waals surface area contributed by atoms with Gasteiger partial charge in [0.1, 0.15) is 24.1 Å². The molecule has 0 fully saturated rings. The summed E-state index contributed by atoms with van der Waals surface area (Å²) >= 11 is 6.98. The molecule has 9 heteroatoms. The lowest BCUT2D eigenvalue weighted by molar-refractivity contribution is -0.127. The summed E-state index contributed by atoms with van der Waals surface area (Å²) in [4.78, 5) is 17.2. The van der Waals surface area contributed by atoms with Gasteiger partial charge in [-0.05, 0) is 74.4 Å². The van der Waals surface area contributed by atoms with E-state index in [0.29, 0.717) is 36.1 Å². The van der Waals surface area contributed by atoms with Crippen molar-refractivity contribution in [2.75, 3.05) is 18.0 Å². The van der Waals surface area contributed by atoms with Crippen LogP contribution in [0.15, 0.2) is 71.2 Å². The van der Waals surface area contributed by atoms with Gasteiger partial charge in [-0.3, -0.25) is 9.69 Å². The predicted molar refractivity (Wildman–Crippen MR) is 139 cm³/mol. The molecule has 34 heavy (non-hydrogen) atoms. The van der Waals surface area contributed by atoms with Crippen molar-refractivity contribution >= 4 is 40.5 Å². The van der Waals surface area contributed by atoms with Gasteiger partial charge in [0.2, 0.25) is 0 Å². The fraction of sp³-hybridized carbons (Fsp3) is 0.280. The molecule has 2 aromatic carbocycles. The summed E-state index contributed by atoms with van der Waals surface area (Å²) in [5, 5.41) is 9.88. The van der Waals surface area contributed by atoms with Crippen LogP contribution in [0, 0.1) is 0 Å². The summed E-state index contributed by atoms with van der Waals surface area (Å²) < 4.78 is 9.91. The van der Waals surface area contributed by atoms with Crippen LogP contribution in [0.2, 0.25) is 0 Å². The molecule has 1 atom stereocenters. The lowest BCUT2D eigenvalue weighted by atomic mass is 9.98. The minimum Gasteiger partial charge on any atom is -0.489 e. The number of allylic oxidation sites excluding steroid dienone is 1. The van der Waals surface area contributed by atoms with Crippen molar-refractivity contribution in [2.24, 2.45) is 0 Å². The van der Waals surface area contributed by atoms with E-state index in [1.54, 1.807) is 4.90 Å². The van der Waals surface area contributed by atoms with Gasteiger partial charge in [-0.1, -0.05) is 34.8 Å². The number of rotatable bonds is 8. The predicted octanol–water partition coefficient (Wildman–Crippen LogP) is 4.70. The van der Waals surface area contributed by atoms with Crippen LogP contribution in [0.5, 0.6) is 5.75 Å². The number of amides is 1. The van der Waals surface area contributed by atoms with Crippen molar-refractivity contribution in [1.29, 1.82) is 0 Å². The lowest BCUT2D eigenvalue weighted by Gasteiger charge is -2.38. The minimum atomic E-state index is -0.441. The van der Waals surface area contributed by atoms with E-state index in [4.69, 9.17) is 17.0 Å². The van der Waals surface area contributed by atoms with E-state index in [-0.39, 0.29) is 5.91 Å². The summed E-state index contributed by atoms with van der Waals surface area (Å²) in [6, 6.07) is 17.3. The number of ether oxygens (including phenoxy) is 1. The first-order valence-electron chi connectivity index (χ1n) is 11.2. The smallest absolute Gasteiger partial charge is 0.254 e. The largest absolute Gasteiger partial charge is 0.489 e. The van der Waals surface area contributed by atoms with Gasteiger partial charge in [0, 0.05) is 29.9 Å². The van der Waals surface area contributed by atoms with E-state index in [1.807, 2.05) is 85.6 Å². The molecule has 4 rings (SSSR count). The second-order valence-electron chi connectivity index (χ2n) is 7.79. The van der Waals surface area contributed by atoms with E-state index in [9.17, 15) is 4.79 Å². The van der Waals surface area contributed by atoms with Crippen molar-refractivity contribution < 1.29 is 9.53 Å². The molecule has 0 saturated heterocycles. The Labute approximate surface area is 209 Å². The highest BCUT2D eigenvalue weighted by Gasteiger charge is 2.37. The van der Waals surface area contributed by atoms with Crippen molar-refractivity contribution in [2.45, 2.75) is 33.4 Å². The third-order valence-corrected chi connectivity index (χ3v) is 6.60. The highest BCUT2D eigenvalue weighted by molar-refractivity contribution is 7.80. The van der Waals surface area contributed by atoms with Crippen LogP contribution >= 0.6 is 23.8 Å². The number of hydrogen-bond acceptors (Lipinski definition) is 6. The number of nitrogens with one attached hydrogen (secondary N) is 1. The molecule has 0 aliphatic carbocycles. The summed E-state index contributed by atoms with van der Waals surface area (Å²) in [7, 11) is 0. The number of likely N-dealkylation sites (N-methyl/N-ethyl adjacent to an activating group) is 1. The Morgan fingerprint density at radius 2 is 1.85 bits per heavy atom. The lowest BCUT2D eigenvalue weighted by Crippen LogP contribution is -2.50. The molecule has 3 aromatic rings. The molecular weight excluding hydrogens is 466 g/mol. The zero-order valence-electron chi connectivity index (χ0n) is 19.4. The van der Waals surface area contributed by atoms with Crippen LogP contribution in [-0.2, 0) is 11.4 Å². The van der Waals surface area contributed by atoms with Gasteiger partial charge >= 0.3 is 0 Å². The molecule has 1 aromatic heterocycles. The molecule has 1 aliphatic rings. The van der Waals surface area contributed by atoms with Crippen LogP contribution in [0.3, 0.4) is 0 Å². The molecule has 0 radical (unpaired) electrons. The standard InChI is InChI=1S/C25H27N5O2S2/c1-4-29(5-2)24(31)22-17(3)30(25(33)26-23(22)21-16-34-28-27-21)19-11-13-20(14-12-19)32-15-18-9-7-6-8-10-18/h6-14,16,23H,4-5,15H2,1-3H3,(H,26,33)/t23-/m1/s1. The van der Waals surface area contributed by atoms with Gasteiger partial charge in [-0.25, -0.2) is 0 Å². The van der Waals surface area contributed by atoms with Crippen molar-refractivity contribution in [1.82, 2.24) is 19.8 Å². The summed E-state index contributed by atoms with van der Waals surface area (Å²) in [5.74, 6) is 0.722. The molecule has 1 aliphatic heterocycles. The van der Waals surface area contributed by atoms with Gasteiger partial charge in [0.05, 0.1) is 5.57 Å². The van der Waals surface area contributed by atoms with Gasteiger partial charge < -0.3 is 15.0 Å². The van der Waals surface area contributed by atoms with E-state index in [2.05, 4.69) is 14.9 Å². The van der Waals surface area contributed by atoms with E-state index in [1.165, 1.54) is 11.5 Å². The first-order valence-corrected chi connectivity index (χ1v) is 12.4. The highest BCUT2D eigenvalue weighted by Crippen LogP contribution is 2.34. The summed E-state index contributed by atoms with van der Waals surface area (Å²) in [5.41, 5.74) is 4.04. The van der Waals surface area contributed by atoms with Crippen LogP contribution in [0.25, 0.3) is 0 Å². The molecule has 176 valence electrons. The Morgan fingerprint density at radius 1 is 1.15 bits per heavy atom. The van der Waals surface area contributed by atoms with E-state index >= 15 is 0 Å². The maximum absolute atomic E-state index is 13.5. The third kappa shape index (κ3) is 4.95. The van der Waals surface area contributed by atoms with Crippen molar-refractivity contribution in [3.05, 3.63) is 82.5 Å². The SMILES string of the molecule is CCN(CC)C(=O)C1=C(C)N(c2ccc(OCc3ccccc3)cc2)C(=S)N[C@@H]1c1csnn1. The third-order valence-electron chi connectivity index (χ3n) is 5.78. The first-order chi connectivity index (χ1) is 16.5. The monoisotopic (exact) mass is 493 g/mol. The Bertz CT molecular complexity index is 1160. The second kappa shape index (κ2) is 10.8. The molecular formula is C25H27N5O2S2. The number of benzene rings is 2. The van der Waals surface area contributed by atoms with Crippen LogP contribution in [-0.4, -0.2) is 38.6 Å². The molecule has 1 amide bonds. The molecule has 0 bridgehead atoms. The summed E-state index contributed by atoms with van der Waals surface area (Å²) in [6.45, 7) is 7.61. The number of aromatic nitrogens is 2. The number of anilines is 1. The van der Waals surface area contributed by atoms with Crippen molar-refractivity contribution in [3.8, 4) is 5.75 Å². The van der Waals surface area contributed by atoms with E-state index < -0.39 is 6.04 Å². The number of carbonyl (C=O) groups is 1. The number of carbonyl (C=O) groups excluding carboxylic acids is 1. The second-order valence-corrected chi connectivity index (χ2v) is 8.79. The Kier molecular flexibility index (Phi) is 7.54. The molecule has 0 saturated carbocycles. The zero-order chi connectivity index (χ0) is 24.1. The highest BCUT2D eigenvalue weighted by atomic mass is 32.1. The van der Waals surface area contributed by atoms with Crippen LogP contribution < -0.4 is 15.0 Å². The normalized spacial score (nSPS) is 15.8. The number of hydrogen-bond donors (Lipinski definition) is 1. The van der Waals surface area contributed by atoms with Gasteiger partial charge in [0.15, 0.2) is 5.11 Å². The maximum Gasteiger partial charge on any atom is 0.254 e. The average molecular weight is 494 g/mol. The molecule has 2 heterocycles. The van der Waals surface area contributed by atoms with Gasteiger partial charge in [-0.15, -0.1) is 5.10 Å². The molecule has 7 nitrogen and oxygen atoms in total. The molecule has 0 unspecified atom stereocenters. The maximum atomic E-state index is 13.5. The van der Waals surface area contributed by atoms with Gasteiger partial charge in [-0.2, -0.15) is 0 Å².